The number of nitrogens with one attached hydrogen (secondary N) is 1. The maximum absolute atomic E-state index is 12.4. The van der Waals surface area contributed by atoms with E-state index in [0.29, 0.717) is 23.7 Å². The van der Waals surface area contributed by atoms with Gasteiger partial charge in [0.1, 0.15) is 0 Å². The molecule has 0 spiro atoms. The molecule has 5 nitrogen and oxygen atoms in total. The minimum absolute atomic E-state index is 0.0934. The third kappa shape index (κ3) is 5.53. The number of ether oxygens (including phenoxy) is 1. The number of ketones is 1. The van der Waals surface area contributed by atoms with Crippen molar-refractivity contribution in [2.24, 2.45) is 0 Å². The van der Waals surface area contributed by atoms with E-state index in [0.717, 1.165) is 19.4 Å². The Kier molecular flexibility index (Phi) is 6.81. The lowest BCUT2D eigenvalue weighted by molar-refractivity contribution is 0.103. The summed E-state index contributed by atoms with van der Waals surface area (Å²) in [6.07, 6.45) is 7.88. The number of H-pyrrole nitrogens is 1. The van der Waals surface area contributed by atoms with Crippen LogP contribution in [0.25, 0.3) is 0 Å². The topological polar surface area (TPSA) is 58.2 Å². The van der Waals surface area contributed by atoms with Gasteiger partial charge in [0.2, 0.25) is 11.7 Å². The van der Waals surface area contributed by atoms with Gasteiger partial charge in [-0.2, -0.15) is 0 Å². The van der Waals surface area contributed by atoms with Crippen molar-refractivity contribution in [1.29, 1.82) is 0 Å². The lowest BCUT2D eigenvalue weighted by Gasteiger charge is -2.10. The quantitative estimate of drug-likeness (QED) is 0.540. The van der Waals surface area contributed by atoms with Crippen molar-refractivity contribution in [3.8, 4) is 5.88 Å². The van der Waals surface area contributed by atoms with Gasteiger partial charge in [0.25, 0.3) is 0 Å². The zero-order chi connectivity index (χ0) is 16.5. The third-order valence-corrected chi connectivity index (χ3v) is 3.60. The maximum atomic E-state index is 12.4. The number of carbonyl (C=O) groups excluding carboxylic acids is 1. The SMILES string of the molecule is CN(C)CCCCCCOc1ncccc1C(=O)c1ccc[nH]1. The molecule has 0 aliphatic carbocycles. The third-order valence-electron chi connectivity index (χ3n) is 3.60. The average molecular weight is 315 g/mol. The van der Waals surface area contributed by atoms with Crippen molar-refractivity contribution in [3.63, 3.8) is 0 Å². The first-order valence-corrected chi connectivity index (χ1v) is 8.09. The van der Waals surface area contributed by atoms with Crippen LogP contribution in [0.15, 0.2) is 36.7 Å². The van der Waals surface area contributed by atoms with E-state index in [1.54, 1.807) is 36.7 Å². The molecule has 0 atom stereocenters. The number of nitrogens with zero attached hydrogens (tertiary/aromatic N) is 2. The molecule has 1 N–H and O–H groups in total. The molecule has 5 heteroatoms. The molecule has 0 fully saturated rings. The Morgan fingerprint density at radius 2 is 2.00 bits per heavy atom. The predicted octanol–water partition coefficient (Wildman–Crippen LogP) is 3.14. The number of hydrogen-bond donors (Lipinski definition) is 1. The van der Waals surface area contributed by atoms with Gasteiger partial charge in [-0.15, -0.1) is 0 Å². The van der Waals surface area contributed by atoms with E-state index in [9.17, 15) is 4.79 Å². The van der Waals surface area contributed by atoms with Crippen molar-refractivity contribution < 1.29 is 9.53 Å². The molecular weight excluding hydrogens is 290 g/mol. The highest BCUT2D eigenvalue weighted by molar-refractivity contribution is 6.09. The molecule has 0 radical (unpaired) electrons. The lowest BCUT2D eigenvalue weighted by Crippen LogP contribution is -2.12. The lowest BCUT2D eigenvalue weighted by atomic mass is 10.1. The summed E-state index contributed by atoms with van der Waals surface area (Å²) in [5.74, 6) is 0.324. The fraction of sp³-hybridized carbons (Fsp3) is 0.444. The van der Waals surface area contributed by atoms with Crippen LogP contribution in [0.4, 0.5) is 0 Å². The molecule has 0 saturated carbocycles. The van der Waals surface area contributed by atoms with Crippen molar-refractivity contribution in [3.05, 3.63) is 47.9 Å². The molecule has 124 valence electrons. The van der Waals surface area contributed by atoms with Gasteiger partial charge < -0.3 is 14.6 Å². The molecule has 2 aromatic rings. The number of aromatic nitrogens is 2. The summed E-state index contributed by atoms with van der Waals surface area (Å²) in [6.45, 7) is 1.71. The highest BCUT2D eigenvalue weighted by Gasteiger charge is 2.16. The maximum Gasteiger partial charge on any atom is 0.224 e. The van der Waals surface area contributed by atoms with E-state index in [-0.39, 0.29) is 5.78 Å². The van der Waals surface area contributed by atoms with Crippen molar-refractivity contribution in [1.82, 2.24) is 14.9 Å². The van der Waals surface area contributed by atoms with Gasteiger partial charge in [-0.3, -0.25) is 4.79 Å². The number of rotatable bonds is 10. The van der Waals surface area contributed by atoms with Crippen molar-refractivity contribution in [2.45, 2.75) is 25.7 Å². The highest BCUT2D eigenvalue weighted by Crippen LogP contribution is 2.18. The van der Waals surface area contributed by atoms with Crippen LogP contribution in [-0.4, -0.2) is 47.9 Å². The first-order chi connectivity index (χ1) is 11.2. The summed E-state index contributed by atoms with van der Waals surface area (Å²) in [5, 5.41) is 0. The monoisotopic (exact) mass is 315 g/mol. The van der Waals surface area contributed by atoms with Crippen molar-refractivity contribution in [2.75, 3.05) is 27.2 Å². The minimum atomic E-state index is -0.0934. The summed E-state index contributed by atoms with van der Waals surface area (Å²) >= 11 is 0. The second-order valence-electron chi connectivity index (χ2n) is 5.83. The fourth-order valence-corrected chi connectivity index (χ4v) is 2.35. The average Bonchev–Trinajstić information content (AvgIpc) is 3.08. The van der Waals surface area contributed by atoms with E-state index in [1.165, 1.54) is 12.8 Å². The Bertz CT molecular complexity index is 594. The fourth-order valence-electron chi connectivity index (χ4n) is 2.35. The van der Waals surface area contributed by atoms with E-state index in [4.69, 9.17) is 4.74 Å². The molecule has 0 unspecified atom stereocenters. The van der Waals surface area contributed by atoms with Gasteiger partial charge in [-0.05, 0) is 57.7 Å². The van der Waals surface area contributed by atoms with Crippen LogP contribution in [-0.2, 0) is 0 Å². The zero-order valence-electron chi connectivity index (χ0n) is 13.9. The van der Waals surface area contributed by atoms with Crippen LogP contribution in [0, 0.1) is 0 Å². The van der Waals surface area contributed by atoms with E-state index in [2.05, 4.69) is 29.0 Å². The van der Waals surface area contributed by atoms with E-state index < -0.39 is 0 Å². The molecule has 0 aliphatic rings. The van der Waals surface area contributed by atoms with Crippen molar-refractivity contribution >= 4 is 5.78 Å². The molecule has 23 heavy (non-hydrogen) atoms. The Morgan fingerprint density at radius 3 is 2.74 bits per heavy atom. The summed E-state index contributed by atoms with van der Waals surface area (Å²) in [5.41, 5.74) is 1.05. The largest absolute Gasteiger partial charge is 0.477 e. The molecule has 0 aromatic carbocycles. The molecule has 0 bridgehead atoms. The first-order valence-electron chi connectivity index (χ1n) is 8.09. The highest BCUT2D eigenvalue weighted by atomic mass is 16.5. The Hall–Kier alpha value is -2.14. The Morgan fingerprint density at radius 1 is 1.17 bits per heavy atom. The van der Waals surface area contributed by atoms with Crippen LogP contribution in [0.1, 0.15) is 41.7 Å². The number of pyridine rings is 1. The normalized spacial score (nSPS) is 10.9. The molecule has 2 rings (SSSR count). The van der Waals surface area contributed by atoms with Crippen LogP contribution in [0.5, 0.6) is 5.88 Å². The molecule has 2 heterocycles. The van der Waals surface area contributed by atoms with Gasteiger partial charge in [-0.1, -0.05) is 12.8 Å². The number of aromatic amines is 1. The predicted molar refractivity (Wildman–Crippen MR) is 91.0 cm³/mol. The van der Waals surface area contributed by atoms with Gasteiger partial charge >= 0.3 is 0 Å². The summed E-state index contributed by atoms with van der Waals surface area (Å²) in [6, 6.07) is 7.06. The van der Waals surface area contributed by atoms with Gasteiger partial charge in [0.05, 0.1) is 17.9 Å². The van der Waals surface area contributed by atoms with Gasteiger partial charge in [0.15, 0.2) is 0 Å². The van der Waals surface area contributed by atoms with Crippen LogP contribution < -0.4 is 4.74 Å². The Balaban J connectivity index is 1.81. The summed E-state index contributed by atoms with van der Waals surface area (Å²) in [4.78, 5) is 21.7. The molecule has 0 saturated heterocycles. The second-order valence-corrected chi connectivity index (χ2v) is 5.83. The van der Waals surface area contributed by atoms with Crippen LogP contribution in [0.3, 0.4) is 0 Å². The first kappa shape index (κ1) is 17.2. The Labute approximate surface area is 137 Å². The van der Waals surface area contributed by atoms with Gasteiger partial charge in [-0.25, -0.2) is 4.98 Å². The van der Waals surface area contributed by atoms with Crippen LogP contribution in [0.2, 0.25) is 0 Å². The molecular formula is C18H25N3O2. The minimum Gasteiger partial charge on any atom is -0.477 e. The standard InChI is InChI=1S/C18H25N3O2/c1-21(2)13-5-3-4-6-14-23-18-15(9-7-12-20-18)17(22)16-10-8-11-19-16/h7-12,19H,3-6,13-14H2,1-2H3. The molecule has 2 aromatic heterocycles. The zero-order valence-corrected chi connectivity index (χ0v) is 13.9. The molecule has 0 amide bonds. The van der Waals surface area contributed by atoms with E-state index in [1.807, 2.05) is 0 Å². The van der Waals surface area contributed by atoms with E-state index >= 15 is 0 Å². The number of unbranched alkanes of at least 4 members (excludes halogenated alkanes) is 3. The second kappa shape index (κ2) is 9.10. The van der Waals surface area contributed by atoms with Crippen LogP contribution >= 0.6 is 0 Å². The summed E-state index contributed by atoms with van der Waals surface area (Å²) < 4.78 is 5.73. The summed E-state index contributed by atoms with van der Waals surface area (Å²) in [7, 11) is 4.18. The number of hydrogen-bond acceptors (Lipinski definition) is 4. The van der Waals surface area contributed by atoms with Gasteiger partial charge in [0, 0.05) is 12.4 Å². The smallest absolute Gasteiger partial charge is 0.224 e. The molecule has 0 aliphatic heterocycles. The number of carbonyl (C=O) groups is 1.